The summed E-state index contributed by atoms with van der Waals surface area (Å²) in [6.45, 7) is 1.78. The number of carbonyl (C=O) groups is 1. The van der Waals surface area contributed by atoms with Gasteiger partial charge in [0, 0.05) is 18.1 Å². The maximum atomic E-state index is 12.6. The summed E-state index contributed by atoms with van der Waals surface area (Å²) in [5.41, 5.74) is -0.927. The molecule has 1 aromatic rings. The zero-order chi connectivity index (χ0) is 14.6. The number of hydrogen-bond acceptors (Lipinski definition) is 4. The molecule has 0 spiro atoms. The van der Waals surface area contributed by atoms with Gasteiger partial charge in [-0.1, -0.05) is 6.92 Å². The highest BCUT2D eigenvalue weighted by Gasteiger charge is 2.32. The van der Waals surface area contributed by atoms with Crippen molar-refractivity contribution in [1.29, 1.82) is 0 Å². The van der Waals surface area contributed by atoms with Crippen LogP contribution in [0.4, 0.5) is 13.2 Å². The first-order valence-corrected chi connectivity index (χ1v) is 6.32. The minimum Gasteiger partial charge on any atom is -0.274 e. The Morgan fingerprint density at radius 3 is 2.63 bits per heavy atom. The third-order valence-corrected chi connectivity index (χ3v) is 3.15. The first-order chi connectivity index (χ1) is 8.81. The van der Waals surface area contributed by atoms with Crippen molar-refractivity contribution in [3.63, 3.8) is 0 Å². The molecule has 0 aliphatic heterocycles. The van der Waals surface area contributed by atoms with E-state index in [1.807, 2.05) is 0 Å². The summed E-state index contributed by atoms with van der Waals surface area (Å²) in [7, 11) is 2.65. The van der Waals surface area contributed by atoms with Gasteiger partial charge < -0.3 is 0 Å². The molecule has 0 saturated carbocycles. The molecule has 1 aromatic heterocycles. The van der Waals surface area contributed by atoms with Crippen LogP contribution in [0.2, 0.25) is 0 Å². The molecule has 4 nitrogen and oxygen atoms in total. The Morgan fingerprint density at radius 2 is 2.16 bits per heavy atom. The lowest BCUT2D eigenvalue weighted by molar-refractivity contribution is -0.138. The molecule has 0 fully saturated rings. The standard InChI is InChI=1S/C11H13F3N2O2S/c1-4-19-8-5-7(11(12,13)14)6-15-9(8)10(17)16(2)18-3/h5-6H,4H2,1-3H3. The number of thioether (sulfide) groups is 1. The van der Waals surface area contributed by atoms with Crippen molar-refractivity contribution in [2.45, 2.75) is 18.0 Å². The fraction of sp³-hybridized carbons (Fsp3) is 0.455. The fourth-order valence-corrected chi connectivity index (χ4v) is 2.06. The van der Waals surface area contributed by atoms with E-state index >= 15 is 0 Å². The first kappa shape index (κ1) is 15.8. The van der Waals surface area contributed by atoms with E-state index in [0.29, 0.717) is 11.9 Å². The lowest BCUT2D eigenvalue weighted by Gasteiger charge is -2.16. The third kappa shape index (κ3) is 3.84. The highest BCUT2D eigenvalue weighted by Crippen LogP contribution is 2.32. The predicted octanol–water partition coefficient (Wildman–Crippen LogP) is 2.85. The van der Waals surface area contributed by atoms with Gasteiger partial charge in [-0.3, -0.25) is 9.63 Å². The van der Waals surface area contributed by atoms with Crippen LogP contribution >= 0.6 is 11.8 Å². The van der Waals surface area contributed by atoms with E-state index in [1.54, 1.807) is 6.92 Å². The molecule has 1 rings (SSSR count). The molecule has 0 unspecified atom stereocenters. The quantitative estimate of drug-likeness (QED) is 0.632. The van der Waals surface area contributed by atoms with Crippen LogP contribution in [-0.2, 0) is 11.0 Å². The first-order valence-electron chi connectivity index (χ1n) is 5.33. The van der Waals surface area contributed by atoms with Crippen molar-refractivity contribution in [3.8, 4) is 0 Å². The Kier molecular flexibility index (Phi) is 5.19. The summed E-state index contributed by atoms with van der Waals surface area (Å²) in [5.74, 6) is -0.0628. The van der Waals surface area contributed by atoms with Crippen molar-refractivity contribution >= 4 is 17.7 Å². The SMILES string of the molecule is CCSc1cc(C(F)(F)F)cnc1C(=O)N(C)OC. The van der Waals surface area contributed by atoms with Crippen LogP contribution in [0.15, 0.2) is 17.2 Å². The van der Waals surface area contributed by atoms with Crippen LogP contribution in [0.5, 0.6) is 0 Å². The molecule has 19 heavy (non-hydrogen) atoms. The Labute approximate surface area is 112 Å². The number of hydroxylamine groups is 2. The number of pyridine rings is 1. The van der Waals surface area contributed by atoms with Crippen LogP contribution in [0.25, 0.3) is 0 Å². The maximum Gasteiger partial charge on any atom is 0.417 e. The number of carbonyl (C=O) groups excluding carboxylic acids is 1. The molecule has 8 heteroatoms. The van der Waals surface area contributed by atoms with Gasteiger partial charge in [0.05, 0.1) is 12.7 Å². The van der Waals surface area contributed by atoms with Gasteiger partial charge in [-0.05, 0) is 11.8 Å². The molecule has 0 aliphatic carbocycles. The molecule has 0 N–H and O–H groups in total. The molecule has 1 heterocycles. The van der Waals surface area contributed by atoms with Gasteiger partial charge in [0.2, 0.25) is 0 Å². The summed E-state index contributed by atoms with van der Waals surface area (Å²) in [4.78, 5) is 20.4. The summed E-state index contributed by atoms with van der Waals surface area (Å²) < 4.78 is 37.8. The minimum absolute atomic E-state index is 0.0517. The van der Waals surface area contributed by atoms with Crippen LogP contribution in [0.1, 0.15) is 23.0 Å². The van der Waals surface area contributed by atoms with E-state index in [2.05, 4.69) is 4.98 Å². The van der Waals surface area contributed by atoms with Crippen LogP contribution in [0, 0.1) is 0 Å². The van der Waals surface area contributed by atoms with Crippen LogP contribution in [-0.4, -0.2) is 35.9 Å². The van der Waals surface area contributed by atoms with E-state index in [9.17, 15) is 18.0 Å². The van der Waals surface area contributed by atoms with E-state index in [0.717, 1.165) is 22.9 Å². The van der Waals surface area contributed by atoms with E-state index in [-0.39, 0.29) is 10.6 Å². The second-order valence-electron chi connectivity index (χ2n) is 3.49. The Hall–Kier alpha value is -1.28. The fourth-order valence-electron chi connectivity index (χ4n) is 1.26. The third-order valence-electron chi connectivity index (χ3n) is 2.24. The summed E-state index contributed by atoms with van der Waals surface area (Å²) in [6, 6.07) is 0.928. The van der Waals surface area contributed by atoms with Crippen LogP contribution in [0.3, 0.4) is 0 Å². The number of amides is 1. The average molecular weight is 294 g/mol. The number of hydrogen-bond donors (Lipinski definition) is 0. The van der Waals surface area contributed by atoms with E-state index in [4.69, 9.17) is 4.84 Å². The van der Waals surface area contributed by atoms with Gasteiger partial charge in [0.15, 0.2) is 0 Å². The Balaban J connectivity index is 3.22. The minimum atomic E-state index is -4.48. The van der Waals surface area contributed by atoms with Gasteiger partial charge in [-0.25, -0.2) is 10.0 Å². The average Bonchev–Trinajstić information content (AvgIpc) is 2.36. The Morgan fingerprint density at radius 1 is 1.53 bits per heavy atom. The molecule has 0 aromatic carbocycles. The number of nitrogens with zero attached hydrogens (tertiary/aromatic N) is 2. The van der Waals surface area contributed by atoms with E-state index in [1.165, 1.54) is 14.2 Å². The monoisotopic (exact) mass is 294 g/mol. The van der Waals surface area contributed by atoms with Gasteiger partial charge in [0.1, 0.15) is 5.69 Å². The lowest BCUT2D eigenvalue weighted by Crippen LogP contribution is -2.27. The van der Waals surface area contributed by atoms with Crippen molar-refractivity contribution in [1.82, 2.24) is 10.0 Å². The number of aromatic nitrogens is 1. The Bertz CT molecular complexity index is 466. The normalized spacial score (nSPS) is 11.5. The van der Waals surface area contributed by atoms with Crippen molar-refractivity contribution in [2.24, 2.45) is 0 Å². The molecular weight excluding hydrogens is 281 g/mol. The van der Waals surface area contributed by atoms with Crippen molar-refractivity contribution in [3.05, 3.63) is 23.5 Å². The number of halogens is 3. The summed E-state index contributed by atoms with van der Waals surface area (Å²) in [5, 5.41) is 0.912. The molecule has 1 amide bonds. The molecule has 0 saturated heterocycles. The van der Waals surface area contributed by atoms with Crippen molar-refractivity contribution < 1.29 is 22.8 Å². The van der Waals surface area contributed by atoms with Gasteiger partial charge in [0.25, 0.3) is 5.91 Å². The van der Waals surface area contributed by atoms with Gasteiger partial charge in [-0.15, -0.1) is 11.8 Å². The van der Waals surface area contributed by atoms with Crippen LogP contribution < -0.4 is 0 Å². The smallest absolute Gasteiger partial charge is 0.274 e. The largest absolute Gasteiger partial charge is 0.417 e. The topological polar surface area (TPSA) is 42.4 Å². The summed E-state index contributed by atoms with van der Waals surface area (Å²) in [6.07, 6.45) is -3.83. The second kappa shape index (κ2) is 6.25. The van der Waals surface area contributed by atoms with Gasteiger partial charge in [-0.2, -0.15) is 13.2 Å². The molecule has 0 radical (unpaired) electrons. The highest BCUT2D eigenvalue weighted by molar-refractivity contribution is 7.99. The lowest BCUT2D eigenvalue weighted by atomic mass is 10.2. The molecule has 0 aliphatic rings. The van der Waals surface area contributed by atoms with E-state index < -0.39 is 17.6 Å². The molecule has 0 bridgehead atoms. The second-order valence-corrected chi connectivity index (χ2v) is 4.79. The zero-order valence-corrected chi connectivity index (χ0v) is 11.4. The highest BCUT2D eigenvalue weighted by atomic mass is 32.2. The number of rotatable bonds is 4. The predicted molar refractivity (Wildman–Crippen MR) is 64.7 cm³/mol. The molecule has 106 valence electrons. The van der Waals surface area contributed by atoms with Gasteiger partial charge >= 0.3 is 6.18 Å². The molecule has 0 atom stereocenters. The summed E-state index contributed by atoms with van der Waals surface area (Å²) >= 11 is 1.12. The zero-order valence-electron chi connectivity index (χ0n) is 10.6. The maximum absolute atomic E-state index is 12.6. The number of alkyl halides is 3. The molecular formula is C11H13F3N2O2S. The van der Waals surface area contributed by atoms with Crippen molar-refractivity contribution in [2.75, 3.05) is 19.9 Å².